The Morgan fingerprint density at radius 3 is 1.40 bits per heavy atom. The molecule has 0 heterocycles. The van der Waals surface area contributed by atoms with E-state index in [1.807, 2.05) is 0 Å². The zero-order chi connectivity index (χ0) is 30.9. The van der Waals surface area contributed by atoms with Crippen LogP contribution >= 0.6 is 0 Å². The third-order valence-corrected chi connectivity index (χ3v) is 8.49. The zero-order valence-electron chi connectivity index (χ0n) is 28.2. The topological polar surface area (TPSA) is 111 Å². The Labute approximate surface area is 261 Å². The predicted octanol–water partition coefficient (Wildman–Crippen LogP) is 9.52. The summed E-state index contributed by atoms with van der Waals surface area (Å²) in [5.74, 6) is 0.0229. The van der Waals surface area contributed by atoms with Gasteiger partial charge in [0, 0.05) is 31.8 Å². The van der Waals surface area contributed by atoms with Crippen molar-refractivity contribution >= 4 is 17.6 Å². The number of ketones is 1. The first-order chi connectivity index (χ1) is 20.5. The summed E-state index contributed by atoms with van der Waals surface area (Å²) in [4.78, 5) is 29.5. The number of carbonyl (C=O) groups is 2. The lowest BCUT2D eigenvalue weighted by molar-refractivity contribution is -0.129. The van der Waals surface area contributed by atoms with Crippen LogP contribution in [0.25, 0.3) is 0 Å². The van der Waals surface area contributed by atoms with E-state index >= 15 is 0 Å². The number of nitrogens with one attached hydrogen (secondary N) is 1. The molecule has 0 aromatic heterocycles. The third-order valence-electron chi connectivity index (χ3n) is 8.49. The molecule has 1 atom stereocenters. The molecule has 0 spiro atoms. The second-order valence-electron chi connectivity index (χ2n) is 12.7. The Hall–Kier alpha value is -1.59. The number of unbranched alkanes of at least 4 members (excludes halogenated alkanes) is 22. The Bertz CT molecular complexity index is 634. The van der Waals surface area contributed by atoms with Gasteiger partial charge < -0.3 is 16.8 Å². The van der Waals surface area contributed by atoms with Crippen LogP contribution in [-0.2, 0) is 9.59 Å². The van der Waals surface area contributed by atoms with Gasteiger partial charge in [0.05, 0.1) is 0 Å². The summed E-state index contributed by atoms with van der Waals surface area (Å²) < 4.78 is 0. The Morgan fingerprint density at radius 1 is 0.571 bits per heavy atom. The Balaban J connectivity index is 3.83. The van der Waals surface area contributed by atoms with Gasteiger partial charge in [0.2, 0.25) is 5.91 Å². The van der Waals surface area contributed by atoms with Crippen molar-refractivity contribution in [3.05, 3.63) is 0 Å². The molecule has 6 heteroatoms. The summed E-state index contributed by atoms with van der Waals surface area (Å²) in [5.41, 5.74) is 10.8. The molecule has 0 saturated carbocycles. The number of guanidine groups is 1. The van der Waals surface area contributed by atoms with E-state index in [2.05, 4.69) is 24.2 Å². The molecule has 42 heavy (non-hydrogen) atoms. The van der Waals surface area contributed by atoms with Crippen LogP contribution in [0.4, 0.5) is 0 Å². The van der Waals surface area contributed by atoms with Crippen LogP contribution < -0.4 is 16.8 Å². The van der Waals surface area contributed by atoms with Crippen molar-refractivity contribution in [2.24, 2.45) is 22.4 Å². The van der Waals surface area contributed by atoms with Crippen LogP contribution in [0.5, 0.6) is 0 Å². The number of rotatable bonds is 33. The van der Waals surface area contributed by atoms with Gasteiger partial charge in [-0.2, -0.15) is 0 Å². The number of amides is 1. The molecule has 0 aromatic carbocycles. The summed E-state index contributed by atoms with van der Waals surface area (Å²) in [7, 11) is 0. The van der Waals surface area contributed by atoms with E-state index < -0.39 is 0 Å². The number of hydrogen-bond acceptors (Lipinski definition) is 3. The van der Waals surface area contributed by atoms with E-state index in [0.29, 0.717) is 38.8 Å². The summed E-state index contributed by atoms with van der Waals surface area (Å²) >= 11 is 0. The van der Waals surface area contributed by atoms with E-state index in [1.165, 1.54) is 128 Å². The SMILES string of the molecule is CCCCCCCCCCCCCCCCCCCCCC(=O)C[C@@H](CCCN=C(N)N)C(=O)NCCCCCCC. The van der Waals surface area contributed by atoms with Gasteiger partial charge >= 0.3 is 0 Å². The fourth-order valence-electron chi connectivity index (χ4n) is 5.73. The normalized spacial score (nSPS) is 11.9. The highest BCUT2D eigenvalue weighted by molar-refractivity contribution is 5.86. The first-order valence-electron chi connectivity index (χ1n) is 18.4. The maximum Gasteiger partial charge on any atom is 0.223 e. The lowest BCUT2D eigenvalue weighted by Gasteiger charge is -2.16. The van der Waals surface area contributed by atoms with Gasteiger partial charge in [0.15, 0.2) is 5.96 Å². The van der Waals surface area contributed by atoms with Gasteiger partial charge in [0.1, 0.15) is 5.78 Å². The van der Waals surface area contributed by atoms with Crippen LogP contribution in [0.3, 0.4) is 0 Å². The van der Waals surface area contributed by atoms with Crippen LogP contribution in [0.2, 0.25) is 0 Å². The average molecular weight is 593 g/mol. The van der Waals surface area contributed by atoms with Gasteiger partial charge in [0.25, 0.3) is 0 Å². The fourth-order valence-corrected chi connectivity index (χ4v) is 5.73. The number of carbonyl (C=O) groups excluding carboxylic acids is 2. The minimum Gasteiger partial charge on any atom is -0.370 e. The molecule has 0 radical (unpaired) electrons. The number of nitrogens with two attached hydrogens (primary N) is 2. The van der Waals surface area contributed by atoms with Crippen LogP contribution in [0.15, 0.2) is 4.99 Å². The quantitative estimate of drug-likeness (QED) is 0.0400. The molecule has 0 saturated heterocycles. The van der Waals surface area contributed by atoms with Crippen molar-refractivity contribution in [3.8, 4) is 0 Å². The molecule has 248 valence electrons. The molecule has 0 bridgehead atoms. The van der Waals surface area contributed by atoms with Crippen molar-refractivity contribution in [1.29, 1.82) is 0 Å². The van der Waals surface area contributed by atoms with Crippen molar-refractivity contribution in [2.75, 3.05) is 13.1 Å². The molecule has 0 unspecified atom stereocenters. The summed E-state index contributed by atoms with van der Waals surface area (Å²) in [6.07, 6.45) is 33.7. The standard InChI is InChI=1S/C36H72N4O2/c1-3-5-7-9-10-11-12-13-14-15-16-17-18-19-20-21-22-23-25-29-34(41)32-33(28-27-31-40-36(37)38)35(42)39-30-26-24-8-6-4-2/h33H,3-32H2,1-2H3,(H,39,42)(H4,37,38,40)/t33-/m1/s1. The second-order valence-corrected chi connectivity index (χ2v) is 12.7. The van der Waals surface area contributed by atoms with Crippen molar-refractivity contribution in [2.45, 2.75) is 194 Å². The van der Waals surface area contributed by atoms with E-state index in [4.69, 9.17) is 11.5 Å². The van der Waals surface area contributed by atoms with Crippen molar-refractivity contribution in [1.82, 2.24) is 5.32 Å². The number of nitrogens with zero attached hydrogens (tertiary/aromatic N) is 1. The lowest BCUT2D eigenvalue weighted by Crippen LogP contribution is -2.33. The van der Waals surface area contributed by atoms with Crippen LogP contribution in [0.1, 0.15) is 194 Å². The molecular weight excluding hydrogens is 520 g/mol. The fraction of sp³-hybridized carbons (Fsp3) is 0.917. The highest BCUT2D eigenvalue weighted by Gasteiger charge is 2.21. The van der Waals surface area contributed by atoms with Gasteiger partial charge in [-0.1, -0.05) is 155 Å². The number of aliphatic imine (C=N–C) groups is 1. The first-order valence-corrected chi connectivity index (χ1v) is 18.4. The Kier molecular flexibility index (Phi) is 31.1. The maximum absolute atomic E-state index is 12.8. The Morgan fingerprint density at radius 2 is 0.976 bits per heavy atom. The van der Waals surface area contributed by atoms with Crippen LogP contribution in [0, 0.1) is 5.92 Å². The van der Waals surface area contributed by atoms with Gasteiger partial charge in [-0.25, -0.2) is 0 Å². The molecule has 0 aromatic rings. The molecule has 0 aliphatic carbocycles. The molecule has 1 amide bonds. The van der Waals surface area contributed by atoms with Crippen molar-refractivity contribution in [3.63, 3.8) is 0 Å². The lowest BCUT2D eigenvalue weighted by atomic mass is 9.93. The smallest absolute Gasteiger partial charge is 0.223 e. The van der Waals surface area contributed by atoms with E-state index in [-0.39, 0.29) is 23.6 Å². The molecule has 0 fully saturated rings. The molecular formula is C36H72N4O2. The molecule has 6 nitrogen and oxygen atoms in total. The largest absolute Gasteiger partial charge is 0.370 e. The van der Waals surface area contributed by atoms with Gasteiger partial charge in [-0.05, 0) is 25.7 Å². The molecule has 5 N–H and O–H groups in total. The second kappa shape index (κ2) is 32.3. The number of hydrogen-bond donors (Lipinski definition) is 3. The summed E-state index contributed by atoms with van der Waals surface area (Å²) in [5, 5.41) is 3.07. The van der Waals surface area contributed by atoms with Crippen molar-refractivity contribution < 1.29 is 9.59 Å². The summed E-state index contributed by atoms with van der Waals surface area (Å²) in [6.45, 7) is 5.68. The van der Waals surface area contributed by atoms with Crippen LogP contribution in [-0.4, -0.2) is 30.7 Å². The van der Waals surface area contributed by atoms with E-state index in [9.17, 15) is 9.59 Å². The van der Waals surface area contributed by atoms with Gasteiger partial charge in [-0.15, -0.1) is 0 Å². The number of Topliss-reactive ketones (excluding diaryl/α,β-unsaturated/α-hetero) is 1. The highest BCUT2D eigenvalue weighted by Crippen LogP contribution is 2.17. The molecule has 0 rings (SSSR count). The minimum atomic E-state index is -0.275. The third kappa shape index (κ3) is 29.9. The predicted molar refractivity (Wildman–Crippen MR) is 183 cm³/mol. The summed E-state index contributed by atoms with van der Waals surface area (Å²) in [6, 6.07) is 0. The molecule has 0 aliphatic heterocycles. The van der Waals surface area contributed by atoms with E-state index in [1.54, 1.807) is 0 Å². The minimum absolute atomic E-state index is 0.0108. The molecule has 0 aliphatic rings. The maximum atomic E-state index is 12.8. The highest BCUT2D eigenvalue weighted by atomic mass is 16.2. The van der Waals surface area contributed by atoms with Gasteiger partial charge in [-0.3, -0.25) is 14.6 Å². The van der Waals surface area contributed by atoms with E-state index in [0.717, 1.165) is 25.7 Å². The monoisotopic (exact) mass is 593 g/mol. The first kappa shape index (κ1) is 40.4. The average Bonchev–Trinajstić information content (AvgIpc) is 2.97. The zero-order valence-corrected chi connectivity index (χ0v) is 28.2.